The molecule has 10 nitrogen and oxygen atoms in total. The van der Waals surface area contributed by atoms with E-state index in [9.17, 15) is 4.79 Å². The molecule has 0 bridgehead atoms. The van der Waals surface area contributed by atoms with E-state index in [0.717, 1.165) is 10.9 Å². The van der Waals surface area contributed by atoms with Gasteiger partial charge < -0.3 is 15.1 Å². The van der Waals surface area contributed by atoms with Gasteiger partial charge in [0.05, 0.1) is 41.4 Å². The van der Waals surface area contributed by atoms with Crippen LogP contribution in [0.2, 0.25) is 0 Å². The lowest BCUT2D eigenvalue weighted by Crippen LogP contribution is -2.58. The van der Waals surface area contributed by atoms with E-state index < -0.39 is 5.24 Å². The van der Waals surface area contributed by atoms with Crippen molar-refractivity contribution in [1.29, 1.82) is 0 Å². The van der Waals surface area contributed by atoms with Gasteiger partial charge in [0.25, 0.3) is 5.91 Å². The molecule has 1 aliphatic rings. The molecular formula is C22H20B3N9O. The molecule has 0 saturated carbocycles. The van der Waals surface area contributed by atoms with Crippen LogP contribution in [0.5, 0.6) is 0 Å². The van der Waals surface area contributed by atoms with Crippen LogP contribution in [0, 0.1) is 0 Å². The SMILES string of the molecule is [B]C([B])([B])N1CCN(c2cc(C(=O)Nc3cc4cc(-c5cn(C)nn5)cnc4cn3)ccn2)CC1. The first-order chi connectivity index (χ1) is 16.8. The van der Waals surface area contributed by atoms with Gasteiger partial charge in [-0.2, -0.15) is 0 Å². The van der Waals surface area contributed by atoms with E-state index >= 15 is 0 Å². The lowest BCUT2D eigenvalue weighted by Gasteiger charge is -2.43. The highest BCUT2D eigenvalue weighted by Crippen LogP contribution is 2.23. The molecule has 168 valence electrons. The third-order valence-electron chi connectivity index (χ3n) is 5.87. The first-order valence-electron chi connectivity index (χ1n) is 11.0. The minimum Gasteiger partial charge on any atom is -0.354 e. The molecule has 5 heterocycles. The van der Waals surface area contributed by atoms with Crippen molar-refractivity contribution in [2.24, 2.45) is 7.05 Å². The van der Waals surface area contributed by atoms with Crippen LogP contribution in [-0.4, -0.2) is 95.7 Å². The van der Waals surface area contributed by atoms with Gasteiger partial charge in [-0.15, -0.1) is 5.10 Å². The van der Waals surface area contributed by atoms with Gasteiger partial charge in [-0.1, -0.05) is 10.5 Å². The number of hydrogen-bond acceptors (Lipinski definition) is 8. The average molecular weight is 459 g/mol. The Bertz CT molecular complexity index is 1380. The molecule has 4 aromatic heterocycles. The lowest BCUT2D eigenvalue weighted by molar-refractivity contribution is 0.102. The molecule has 1 fully saturated rings. The van der Waals surface area contributed by atoms with Crippen molar-refractivity contribution in [3.8, 4) is 11.3 Å². The summed E-state index contributed by atoms with van der Waals surface area (Å²) in [6.45, 7) is 2.46. The molecule has 0 spiro atoms. The van der Waals surface area contributed by atoms with Crippen LogP contribution < -0.4 is 10.2 Å². The molecule has 1 amide bonds. The van der Waals surface area contributed by atoms with Gasteiger partial charge in [0.2, 0.25) is 0 Å². The number of nitrogens with one attached hydrogen (secondary N) is 1. The highest BCUT2D eigenvalue weighted by atomic mass is 16.1. The Labute approximate surface area is 206 Å². The zero-order chi connectivity index (χ0) is 24.6. The van der Waals surface area contributed by atoms with Crippen LogP contribution in [0.3, 0.4) is 0 Å². The van der Waals surface area contributed by atoms with E-state index in [2.05, 4.69) is 35.5 Å². The van der Waals surface area contributed by atoms with Gasteiger partial charge in [-0.25, -0.2) is 9.97 Å². The number of pyridine rings is 3. The Balaban J connectivity index is 1.31. The maximum absolute atomic E-state index is 13.0. The number of nitrogens with zero attached hydrogens (tertiary/aromatic N) is 8. The van der Waals surface area contributed by atoms with Crippen LogP contribution in [-0.2, 0) is 7.05 Å². The Kier molecular flexibility index (Phi) is 6.02. The van der Waals surface area contributed by atoms with Gasteiger partial charge in [0.1, 0.15) is 17.3 Å². The van der Waals surface area contributed by atoms with E-state index in [1.165, 1.54) is 0 Å². The second kappa shape index (κ2) is 9.14. The molecule has 35 heavy (non-hydrogen) atoms. The first kappa shape index (κ1) is 23.0. The Morgan fingerprint density at radius 3 is 2.54 bits per heavy atom. The molecule has 0 aromatic carbocycles. The molecule has 5 rings (SSSR count). The van der Waals surface area contributed by atoms with Gasteiger partial charge in [-0.3, -0.25) is 14.5 Å². The summed E-state index contributed by atoms with van der Waals surface area (Å²) in [7, 11) is 19.2. The minimum absolute atomic E-state index is 0.290. The quantitative estimate of drug-likeness (QED) is 0.426. The summed E-state index contributed by atoms with van der Waals surface area (Å²) in [5.74, 6) is 0.818. The van der Waals surface area contributed by atoms with Gasteiger partial charge >= 0.3 is 0 Å². The minimum atomic E-state index is -1.35. The number of anilines is 2. The van der Waals surface area contributed by atoms with Crippen molar-refractivity contribution in [1.82, 2.24) is 34.8 Å². The van der Waals surface area contributed by atoms with Crippen LogP contribution >= 0.6 is 0 Å². The Hall–Kier alpha value is -3.73. The number of aryl methyl sites for hydroxylation is 1. The van der Waals surface area contributed by atoms with Crippen LogP contribution in [0.25, 0.3) is 22.2 Å². The number of fused-ring (bicyclic) bond motifs is 1. The predicted octanol–water partition coefficient (Wildman–Crippen LogP) is 0.311. The van der Waals surface area contributed by atoms with Crippen molar-refractivity contribution in [2.75, 3.05) is 36.4 Å². The van der Waals surface area contributed by atoms with E-state index in [-0.39, 0.29) is 5.91 Å². The largest absolute Gasteiger partial charge is 0.354 e. The number of rotatable bonds is 5. The normalized spacial score (nSPS) is 14.8. The monoisotopic (exact) mass is 459 g/mol. The van der Waals surface area contributed by atoms with Crippen LogP contribution in [0.4, 0.5) is 11.6 Å². The number of piperazine rings is 1. The van der Waals surface area contributed by atoms with Crippen molar-refractivity contribution >= 4 is 52.0 Å². The van der Waals surface area contributed by atoms with Crippen molar-refractivity contribution in [3.63, 3.8) is 0 Å². The number of carbonyl (C=O) groups excluding carboxylic acids is 1. The molecule has 4 aromatic rings. The number of hydrogen-bond donors (Lipinski definition) is 1. The fraction of sp³-hybridized carbons (Fsp3) is 0.273. The average Bonchev–Trinajstić information content (AvgIpc) is 3.29. The maximum Gasteiger partial charge on any atom is 0.257 e. The summed E-state index contributed by atoms with van der Waals surface area (Å²) in [5.41, 5.74) is 2.71. The number of carbonyl (C=O) groups is 1. The predicted molar refractivity (Wildman–Crippen MR) is 136 cm³/mol. The summed E-state index contributed by atoms with van der Waals surface area (Å²) < 4.78 is 1.63. The zero-order valence-corrected chi connectivity index (χ0v) is 19.2. The summed E-state index contributed by atoms with van der Waals surface area (Å²) in [5, 5.41) is 10.4. The fourth-order valence-corrected chi connectivity index (χ4v) is 3.96. The highest BCUT2D eigenvalue weighted by Gasteiger charge is 2.25. The summed E-state index contributed by atoms with van der Waals surface area (Å²) in [6.07, 6.45) is 6.76. The fourth-order valence-electron chi connectivity index (χ4n) is 3.96. The van der Waals surface area contributed by atoms with Crippen LogP contribution in [0.1, 0.15) is 10.4 Å². The Morgan fingerprint density at radius 1 is 1.03 bits per heavy atom. The molecule has 13 heteroatoms. The van der Waals surface area contributed by atoms with Gasteiger partial charge in [-0.05, 0) is 24.3 Å². The summed E-state index contributed by atoms with van der Waals surface area (Å²) >= 11 is 0. The highest BCUT2D eigenvalue weighted by molar-refractivity contribution is 6.59. The van der Waals surface area contributed by atoms with Crippen molar-refractivity contribution in [2.45, 2.75) is 5.24 Å². The third-order valence-corrected chi connectivity index (χ3v) is 5.87. The number of amides is 1. The molecule has 0 aliphatic carbocycles. The van der Waals surface area contributed by atoms with Gasteiger partial charge in [0.15, 0.2) is 0 Å². The van der Waals surface area contributed by atoms with Crippen molar-refractivity contribution < 1.29 is 4.79 Å². The molecular weight excluding hydrogens is 439 g/mol. The molecule has 6 radical (unpaired) electrons. The molecule has 0 unspecified atom stereocenters. The maximum atomic E-state index is 13.0. The van der Waals surface area contributed by atoms with Crippen LogP contribution in [0.15, 0.2) is 49.1 Å². The second-order valence-electron chi connectivity index (χ2n) is 8.48. The molecule has 1 N–H and O–H groups in total. The molecule has 0 atom stereocenters. The van der Waals surface area contributed by atoms with E-state index in [1.54, 1.807) is 53.4 Å². The Morgan fingerprint density at radius 2 is 1.83 bits per heavy atom. The van der Waals surface area contributed by atoms with E-state index in [4.69, 9.17) is 23.5 Å². The summed E-state index contributed by atoms with van der Waals surface area (Å²) in [6, 6.07) is 7.13. The summed E-state index contributed by atoms with van der Waals surface area (Å²) in [4.78, 5) is 30.0. The third kappa shape index (κ3) is 5.04. The lowest BCUT2D eigenvalue weighted by atomic mass is 9.48. The standard InChI is InChI=1S/C22H20B3N9O/c1-32-13-18(30-31-32)16-8-15-9-19(28-12-17(15)27-11-16)29-21(35)14-2-3-26-20(10-14)33-4-6-34(7-5-33)22(23,24)25/h2-3,8-13H,4-7H2,1H3,(H,28,29,35). The number of aromatic nitrogens is 6. The first-order valence-corrected chi connectivity index (χ1v) is 11.0. The topological polar surface area (TPSA) is 105 Å². The smallest absolute Gasteiger partial charge is 0.257 e. The molecule has 1 saturated heterocycles. The van der Waals surface area contributed by atoms with Gasteiger partial charge in [0, 0.05) is 62.1 Å². The van der Waals surface area contributed by atoms with E-state index in [0.29, 0.717) is 54.6 Å². The molecule has 1 aliphatic heterocycles. The van der Waals surface area contributed by atoms with E-state index in [1.807, 2.05) is 12.3 Å². The zero-order valence-electron chi connectivity index (χ0n) is 19.2. The van der Waals surface area contributed by atoms with Crippen molar-refractivity contribution in [3.05, 3.63) is 54.6 Å². The second-order valence-corrected chi connectivity index (χ2v) is 8.48.